The maximum atomic E-state index is 14.3. The lowest BCUT2D eigenvalue weighted by atomic mass is 10.1. The highest BCUT2D eigenvalue weighted by Gasteiger charge is 2.24. The minimum Gasteiger partial charge on any atom is -0.394 e. The molecule has 1 aromatic heterocycles. The lowest BCUT2D eigenvalue weighted by Crippen LogP contribution is -2.30. The van der Waals surface area contributed by atoms with Gasteiger partial charge in [0.25, 0.3) is 5.91 Å². The average Bonchev–Trinajstić information content (AvgIpc) is 2.63. The molecule has 7 nitrogen and oxygen atoms in total. The van der Waals surface area contributed by atoms with Gasteiger partial charge in [-0.15, -0.1) is 0 Å². The molecule has 0 radical (unpaired) electrons. The van der Waals surface area contributed by atoms with Gasteiger partial charge in [0, 0.05) is 9.77 Å². The first-order chi connectivity index (χ1) is 12.7. The minimum atomic E-state index is -1.76. The Morgan fingerprint density at radius 3 is 2.67 bits per heavy atom. The second-order valence-corrected chi connectivity index (χ2v) is 6.68. The van der Waals surface area contributed by atoms with Crippen molar-refractivity contribution in [1.82, 2.24) is 10.5 Å². The lowest BCUT2D eigenvalue weighted by Gasteiger charge is -2.15. The summed E-state index contributed by atoms with van der Waals surface area (Å²) in [6, 6.07) is 2.22. The van der Waals surface area contributed by atoms with Crippen LogP contribution >= 0.6 is 22.6 Å². The van der Waals surface area contributed by atoms with Crippen LogP contribution in [0.4, 0.5) is 24.7 Å². The normalized spacial score (nSPS) is 12.0. The van der Waals surface area contributed by atoms with Crippen molar-refractivity contribution in [2.45, 2.75) is 13.0 Å². The maximum absolute atomic E-state index is 14.3. The third-order valence-corrected chi connectivity index (χ3v) is 3.94. The molecular formula is C16H15F3IN3O4. The van der Waals surface area contributed by atoms with Crippen LogP contribution in [0.2, 0.25) is 0 Å². The molecule has 4 N–H and O–H groups in total. The fourth-order valence-corrected chi connectivity index (χ4v) is 2.60. The minimum absolute atomic E-state index is 0.144. The summed E-state index contributed by atoms with van der Waals surface area (Å²) >= 11 is 2.02. The zero-order valence-corrected chi connectivity index (χ0v) is 16.1. The van der Waals surface area contributed by atoms with Crippen molar-refractivity contribution in [2.24, 2.45) is 0 Å². The Labute approximate surface area is 165 Å². The van der Waals surface area contributed by atoms with E-state index < -0.39 is 53.9 Å². The van der Waals surface area contributed by atoms with Gasteiger partial charge in [0.15, 0.2) is 17.5 Å². The van der Waals surface area contributed by atoms with Crippen molar-refractivity contribution >= 4 is 40.0 Å². The summed E-state index contributed by atoms with van der Waals surface area (Å²) in [5.41, 5.74) is 1.23. The molecule has 1 heterocycles. The molecule has 0 aliphatic rings. The lowest BCUT2D eigenvalue weighted by molar-refractivity contribution is -0.0295. The number of halogens is 4. The molecule has 1 atom stereocenters. The van der Waals surface area contributed by atoms with E-state index in [1.54, 1.807) is 13.0 Å². The number of nitrogens with zero attached hydrogens (tertiary/aromatic N) is 1. The van der Waals surface area contributed by atoms with E-state index in [1.165, 1.54) is 6.20 Å². The highest BCUT2D eigenvalue weighted by molar-refractivity contribution is 14.1. The molecular weight excluding hydrogens is 482 g/mol. The van der Waals surface area contributed by atoms with Gasteiger partial charge in [0.1, 0.15) is 18.5 Å². The van der Waals surface area contributed by atoms with Crippen LogP contribution in [-0.2, 0) is 4.84 Å². The molecule has 0 spiro atoms. The highest BCUT2D eigenvalue weighted by atomic mass is 127. The van der Waals surface area contributed by atoms with Crippen LogP contribution in [0.15, 0.2) is 18.3 Å². The van der Waals surface area contributed by atoms with Gasteiger partial charge in [-0.1, -0.05) is 0 Å². The topological polar surface area (TPSA) is 104 Å². The SMILES string of the molecule is Cc1cc(I)cnc1Nc1c(C(=O)NOCC(O)CO)cc(F)c(F)c1F. The maximum Gasteiger partial charge on any atom is 0.277 e. The van der Waals surface area contributed by atoms with E-state index in [4.69, 9.17) is 10.2 Å². The second kappa shape index (κ2) is 9.30. The number of benzene rings is 1. The zero-order chi connectivity index (χ0) is 20.1. The Morgan fingerprint density at radius 2 is 2.04 bits per heavy atom. The Bertz CT molecular complexity index is 854. The molecule has 1 aromatic carbocycles. The number of rotatable bonds is 7. The Balaban J connectivity index is 2.34. The molecule has 146 valence electrons. The summed E-state index contributed by atoms with van der Waals surface area (Å²) in [5.74, 6) is -5.87. The number of hydrogen-bond acceptors (Lipinski definition) is 6. The van der Waals surface area contributed by atoms with E-state index in [1.807, 2.05) is 28.1 Å². The quantitative estimate of drug-likeness (QED) is 0.266. The third kappa shape index (κ3) is 5.28. The Kier molecular flexibility index (Phi) is 7.35. The fraction of sp³-hybridized carbons (Fsp3) is 0.250. The van der Waals surface area contributed by atoms with Gasteiger partial charge in [-0.25, -0.2) is 23.6 Å². The van der Waals surface area contributed by atoms with Crippen molar-refractivity contribution in [2.75, 3.05) is 18.5 Å². The van der Waals surface area contributed by atoms with Gasteiger partial charge >= 0.3 is 0 Å². The molecule has 0 aliphatic heterocycles. The highest BCUT2D eigenvalue weighted by Crippen LogP contribution is 2.29. The van der Waals surface area contributed by atoms with E-state index >= 15 is 0 Å². The number of aromatic nitrogens is 1. The summed E-state index contributed by atoms with van der Waals surface area (Å²) in [4.78, 5) is 20.9. The van der Waals surface area contributed by atoms with Crippen LogP contribution < -0.4 is 10.8 Å². The predicted octanol–water partition coefficient (Wildman–Crippen LogP) is 2.17. The molecule has 11 heteroatoms. The first-order valence-electron chi connectivity index (χ1n) is 7.52. The molecule has 0 saturated heterocycles. The van der Waals surface area contributed by atoms with E-state index in [9.17, 15) is 18.0 Å². The number of nitrogens with one attached hydrogen (secondary N) is 2. The molecule has 0 bridgehead atoms. The van der Waals surface area contributed by atoms with Crippen molar-refractivity contribution in [3.8, 4) is 0 Å². The molecule has 27 heavy (non-hydrogen) atoms. The number of aliphatic hydroxyl groups is 2. The van der Waals surface area contributed by atoms with Crippen LogP contribution in [0.25, 0.3) is 0 Å². The van der Waals surface area contributed by atoms with Gasteiger partial charge in [0.05, 0.1) is 17.9 Å². The van der Waals surface area contributed by atoms with Crippen LogP contribution in [0.1, 0.15) is 15.9 Å². The first kappa shape index (κ1) is 21.3. The largest absolute Gasteiger partial charge is 0.394 e. The van der Waals surface area contributed by atoms with E-state index in [-0.39, 0.29) is 5.82 Å². The first-order valence-corrected chi connectivity index (χ1v) is 8.60. The summed E-state index contributed by atoms with van der Waals surface area (Å²) in [6.07, 6.45) is 0.204. The summed E-state index contributed by atoms with van der Waals surface area (Å²) in [7, 11) is 0. The molecule has 0 aliphatic carbocycles. The van der Waals surface area contributed by atoms with Crippen LogP contribution in [0, 0.1) is 27.9 Å². The summed E-state index contributed by atoms with van der Waals surface area (Å²) < 4.78 is 42.4. The molecule has 1 amide bonds. The number of carbonyl (C=O) groups excluding carboxylic acids is 1. The Hall–Kier alpha value is -1.96. The van der Waals surface area contributed by atoms with E-state index in [0.717, 1.165) is 3.57 Å². The van der Waals surface area contributed by atoms with Gasteiger partial charge in [0.2, 0.25) is 0 Å². The summed E-state index contributed by atoms with van der Waals surface area (Å²) in [5, 5.41) is 20.3. The number of hydroxylamine groups is 1. The van der Waals surface area contributed by atoms with Crippen LogP contribution in [0.3, 0.4) is 0 Å². The van der Waals surface area contributed by atoms with Gasteiger partial charge in [-0.3, -0.25) is 9.63 Å². The number of amides is 1. The molecule has 2 aromatic rings. The predicted molar refractivity (Wildman–Crippen MR) is 97.8 cm³/mol. The van der Waals surface area contributed by atoms with E-state index in [2.05, 4.69) is 15.1 Å². The Morgan fingerprint density at radius 1 is 1.33 bits per heavy atom. The second-order valence-electron chi connectivity index (χ2n) is 5.43. The molecule has 2 rings (SSSR count). The van der Waals surface area contributed by atoms with Gasteiger partial charge < -0.3 is 15.5 Å². The fourth-order valence-electron chi connectivity index (χ4n) is 2.00. The summed E-state index contributed by atoms with van der Waals surface area (Å²) in [6.45, 7) is 0.587. The number of aliphatic hydroxyl groups excluding tert-OH is 2. The van der Waals surface area contributed by atoms with Gasteiger partial charge in [-0.05, 0) is 47.2 Å². The number of pyridine rings is 1. The van der Waals surface area contributed by atoms with Crippen LogP contribution in [0.5, 0.6) is 0 Å². The number of hydrogen-bond donors (Lipinski definition) is 4. The van der Waals surface area contributed by atoms with Crippen molar-refractivity contribution in [1.29, 1.82) is 0 Å². The number of anilines is 2. The average molecular weight is 497 g/mol. The van der Waals surface area contributed by atoms with Crippen molar-refractivity contribution < 1.29 is 33.0 Å². The zero-order valence-electron chi connectivity index (χ0n) is 13.9. The monoisotopic (exact) mass is 497 g/mol. The van der Waals surface area contributed by atoms with Gasteiger partial charge in [-0.2, -0.15) is 0 Å². The van der Waals surface area contributed by atoms with Crippen molar-refractivity contribution in [3.63, 3.8) is 0 Å². The number of carbonyl (C=O) groups is 1. The smallest absolute Gasteiger partial charge is 0.277 e. The van der Waals surface area contributed by atoms with Crippen molar-refractivity contribution in [3.05, 3.63) is 50.5 Å². The molecule has 1 unspecified atom stereocenters. The molecule has 0 fully saturated rings. The third-order valence-electron chi connectivity index (χ3n) is 3.35. The standard InChI is InChI=1S/C16H15F3IN3O4/c1-7-2-8(20)4-21-15(7)22-14-10(3-11(17)12(18)13(14)19)16(26)23-27-6-9(25)5-24/h2-4,9,24-25H,5-6H2,1H3,(H,21,22)(H,23,26). The van der Waals surface area contributed by atoms with E-state index in [0.29, 0.717) is 11.6 Å². The molecule has 0 saturated carbocycles. The number of aryl methyl sites for hydroxylation is 1. The van der Waals surface area contributed by atoms with Crippen LogP contribution in [-0.4, -0.2) is 40.4 Å².